The van der Waals surface area contributed by atoms with Gasteiger partial charge in [-0.05, 0) is 18.2 Å². The maximum atomic E-state index is 13.1. The molecule has 0 fully saturated rings. The van der Waals surface area contributed by atoms with Crippen LogP contribution in [0.5, 0.6) is 0 Å². The Balaban J connectivity index is 2.78. The third kappa shape index (κ3) is 2.29. The smallest absolute Gasteiger partial charge is 0.193 e. The number of nitrogens with zero attached hydrogens (tertiary/aromatic N) is 1. The highest BCUT2D eigenvalue weighted by atomic mass is 32.2. The van der Waals surface area contributed by atoms with Gasteiger partial charge in [0.2, 0.25) is 0 Å². The molecule has 1 aromatic heterocycles. The Bertz CT molecular complexity index is 663. The summed E-state index contributed by atoms with van der Waals surface area (Å²) >= 11 is 0. The number of benzene rings is 1. The molecule has 1 unspecified atom stereocenters. The van der Waals surface area contributed by atoms with Gasteiger partial charge < -0.3 is 4.57 Å². The molecule has 1 atom stereocenters. The highest BCUT2D eigenvalue weighted by molar-refractivity contribution is 7.83. The highest BCUT2D eigenvalue weighted by Gasteiger charge is 2.09. The second-order valence-electron chi connectivity index (χ2n) is 3.97. The van der Waals surface area contributed by atoms with E-state index in [0.29, 0.717) is 16.5 Å². The molecule has 0 saturated heterocycles. The second-order valence-corrected chi connectivity index (χ2v) is 5.41. The van der Waals surface area contributed by atoms with Gasteiger partial charge in [-0.3, -0.25) is 9.00 Å². The van der Waals surface area contributed by atoms with Gasteiger partial charge in [0.25, 0.3) is 0 Å². The SMILES string of the molecule is Cn1cc(CS(C)=O)c(=O)c2cc(F)ccc21. The van der Waals surface area contributed by atoms with E-state index in [-0.39, 0.29) is 11.2 Å². The van der Waals surface area contributed by atoms with Crippen molar-refractivity contribution in [2.45, 2.75) is 5.75 Å². The summed E-state index contributed by atoms with van der Waals surface area (Å²) in [6, 6.07) is 4.11. The molecule has 2 aromatic rings. The van der Waals surface area contributed by atoms with Crippen LogP contribution in [0.1, 0.15) is 5.56 Å². The molecule has 5 heteroatoms. The Morgan fingerprint density at radius 3 is 2.76 bits per heavy atom. The van der Waals surface area contributed by atoms with Gasteiger partial charge in [-0.25, -0.2) is 4.39 Å². The van der Waals surface area contributed by atoms with E-state index in [9.17, 15) is 13.4 Å². The number of fused-ring (bicyclic) bond motifs is 1. The molecule has 0 N–H and O–H groups in total. The summed E-state index contributed by atoms with van der Waals surface area (Å²) in [7, 11) is 0.689. The molecular formula is C12H12FNO2S. The van der Waals surface area contributed by atoms with E-state index < -0.39 is 16.6 Å². The maximum Gasteiger partial charge on any atom is 0.193 e. The van der Waals surface area contributed by atoms with Crippen LogP contribution in [0, 0.1) is 5.82 Å². The van der Waals surface area contributed by atoms with E-state index in [1.165, 1.54) is 18.4 Å². The fraction of sp³-hybridized carbons (Fsp3) is 0.250. The first-order valence-corrected chi connectivity index (χ1v) is 6.79. The first kappa shape index (κ1) is 12.0. The quantitative estimate of drug-likeness (QED) is 0.814. The van der Waals surface area contributed by atoms with Crippen molar-refractivity contribution in [2.75, 3.05) is 6.26 Å². The zero-order valence-electron chi connectivity index (χ0n) is 9.57. The molecule has 90 valence electrons. The highest BCUT2D eigenvalue weighted by Crippen LogP contribution is 2.13. The molecule has 3 nitrogen and oxygen atoms in total. The number of halogens is 1. The van der Waals surface area contributed by atoms with Crippen molar-refractivity contribution in [3.8, 4) is 0 Å². The molecule has 0 spiro atoms. The lowest BCUT2D eigenvalue weighted by atomic mass is 10.1. The fourth-order valence-corrected chi connectivity index (χ4v) is 2.50. The average Bonchev–Trinajstić information content (AvgIpc) is 2.24. The van der Waals surface area contributed by atoms with E-state index in [1.54, 1.807) is 23.9 Å². The predicted octanol–water partition coefficient (Wildman–Crippen LogP) is 1.56. The number of aromatic nitrogens is 1. The summed E-state index contributed by atoms with van der Waals surface area (Å²) < 4.78 is 26.1. The molecule has 0 aliphatic carbocycles. The van der Waals surface area contributed by atoms with Crippen molar-refractivity contribution < 1.29 is 8.60 Å². The van der Waals surface area contributed by atoms with Crippen LogP contribution in [0.2, 0.25) is 0 Å². The average molecular weight is 253 g/mol. The minimum absolute atomic E-state index is 0.194. The topological polar surface area (TPSA) is 39.1 Å². The third-order valence-corrected chi connectivity index (χ3v) is 3.30. The van der Waals surface area contributed by atoms with Crippen molar-refractivity contribution in [3.05, 3.63) is 46.0 Å². The Hall–Kier alpha value is -1.49. The van der Waals surface area contributed by atoms with Gasteiger partial charge in [-0.15, -0.1) is 0 Å². The summed E-state index contributed by atoms with van der Waals surface area (Å²) in [6.45, 7) is 0. The zero-order valence-corrected chi connectivity index (χ0v) is 10.4. The van der Waals surface area contributed by atoms with E-state index >= 15 is 0 Å². The summed E-state index contributed by atoms with van der Waals surface area (Å²) in [4.78, 5) is 12.1. The third-order valence-electron chi connectivity index (χ3n) is 2.58. The lowest BCUT2D eigenvalue weighted by Gasteiger charge is -2.08. The summed E-state index contributed by atoms with van der Waals surface area (Å²) in [5.74, 6) is -0.247. The molecule has 0 radical (unpaired) electrons. The van der Waals surface area contributed by atoms with Crippen LogP contribution >= 0.6 is 0 Å². The number of aryl methyl sites for hydroxylation is 1. The van der Waals surface area contributed by atoms with Gasteiger partial charge in [0, 0.05) is 41.2 Å². The second kappa shape index (κ2) is 4.41. The normalized spacial score (nSPS) is 12.9. The Morgan fingerprint density at radius 2 is 2.12 bits per heavy atom. The standard InChI is InChI=1S/C12H12FNO2S/c1-14-6-8(7-17(2)16)12(15)10-5-9(13)3-4-11(10)14/h3-6H,7H2,1-2H3. The van der Waals surface area contributed by atoms with Crippen LogP contribution in [-0.2, 0) is 23.6 Å². The maximum absolute atomic E-state index is 13.1. The Morgan fingerprint density at radius 1 is 1.41 bits per heavy atom. The van der Waals surface area contributed by atoms with Crippen LogP contribution < -0.4 is 5.43 Å². The lowest BCUT2D eigenvalue weighted by Crippen LogP contribution is -2.15. The number of rotatable bonds is 2. The molecule has 0 aliphatic heterocycles. The zero-order chi connectivity index (χ0) is 12.6. The van der Waals surface area contributed by atoms with Gasteiger partial charge in [0.05, 0.1) is 11.3 Å². The minimum Gasteiger partial charge on any atom is -0.350 e. The van der Waals surface area contributed by atoms with Gasteiger partial charge in [-0.1, -0.05) is 0 Å². The monoisotopic (exact) mass is 253 g/mol. The van der Waals surface area contributed by atoms with Crippen molar-refractivity contribution in [3.63, 3.8) is 0 Å². The van der Waals surface area contributed by atoms with E-state index in [4.69, 9.17) is 0 Å². The van der Waals surface area contributed by atoms with Crippen molar-refractivity contribution in [1.82, 2.24) is 4.57 Å². The first-order chi connectivity index (χ1) is 7.99. The summed E-state index contributed by atoms with van der Waals surface area (Å²) in [6.07, 6.45) is 3.19. The minimum atomic E-state index is -1.09. The summed E-state index contributed by atoms with van der Waals surface area (Å²) in [5.41, 5.74) is 0.876. The molecule has 1 aromatic carbocycles. The summed E-state index contributed by atoms with van der Waals surface area (Å²) in [5, 5.41) is 0.329. The first-order valence-electron chi connectivity index (χ1n) is 5.07. The van der Waals surface area contributed by atoms with E-state index in [1.807, 2.05) is 0 Å². The van der Waals surface area contributed by atoms with Crippen molar-refractivity contribution >= 4 is 21.7 Å². The number of hydrogen-bond acceptors (Lipinski definition) is 2. The van der Waals surface area contributed by atoms with Crippen LogP contribution in [0.4, 0.5) is 4.39 Å². The van der Waals surface area contributed by atoms with Gasteiger partial charge in [0.15, 0.2) is 5.43 Å². The molecule has 2 rings (SSSR count). The van der Waals surface area contributed by atoms with Crippen LogP contribution in [0.25, 0.3) is 10.9 Å². The molecule has 0 aliphatic rings. The molecular weight excluding hydrogens is 241 g/mol. The van der Waals surface area contributed by atoms with Crippen molar-refractivity contribution in [1.29, 1.82) is 0 Å². The Labute approximate surface area is 100 Å². The number of hydrogen-bond donors (Lipinski definition) is 0. The Kier molecular flexibility index (Phi) is 3.11. The van der Waals surface area contributed by atoms with Gasteiger partial charge >= 0.3 is 0 Å². The van der Waals surface area contributed by atoms with Crippen LogP contribution in [-0.4, -0.2) is 15.0 Å². The predicted molar refractivity (Wildman–Crippen MR) is 66.9 cm³/mol. The fourth-order valence-electron chi connectivity index (χ4n) is 1.85. The molecule has 0 saturated carbocycles. The van der Waals surface area contributed by atoms with Crippen molar-refractivity contribution in [2.24, 2.45) is 7.05 Å². The van der Waals surface area contributed by atoms with Gasteiger partial charge in [0.1, 0.15) is 5.82 Å². The van der Waals surface area contributed by atoms with E-state index in [0.717, 1.165) is 0 Å². The van der Waals surface area contributed by atoms with Gasteiger partial charge in [-0.2, -0.15) is 0 Å². The van der Waals surface area contributed by atoms with E-state index in [2.05, 4.69) is 0 Å². The van der Waals surface area contributed by atoms with Crippen LogP contribution in [0.15, 0.2) is 29.2 Å². The van der Waals surface area contributed by atoms with Crippen LogP contribution in [0.3, 0.4) is 0 Å². The molecule has 0 amide bonds. The largest absolute Gasteiger partial charge is 0.350 e. The molecule has 1 heterocycles. The lowest BCUT2D eigenvalue weighted by molar-refractivity contribution is 0.629. The number of pyridine rings is 1. The molecule has 17 heavy (non-hydrogen) atoms. The molecule has 0 bridgehead atoms.